The van der Waals surface area contributed by atoms with E-state index in [4.69, 9.17) is 4.74 Å². The molecule has 7 nitrogen and oxygen atoms in total. The third-order valence-corrected chi connectivity index (χ3v) is 4.75. The van der Waals surface area contributed by atoms with Gasteiger partial charge in [-0.15, -0.1) is 0 Å². The van der Waals surface area contributed by atoms with Gasteiger partial charge in [-0.3, -0.25) is 14.3 Å². The molecule has 1 rings (SSSR count). The molecule has 0 aromatic carbocycles. The molecule has 1 aromatic heterocycles. The molecular weight excluding hydrogens is 322 g/mol. The molecule has 0 radical (unpaired) electrons. The summed E-state index contributed by atoms with van der Waals surface area (Å²) in [5.74, 6) is -1.09. The molecule has 0 fully saturated rings. The predicted molar refractivity (Wildman–Crippen MR) is 95.3 cm³/mol. The fourth-order valence-electron chi connectivity index (χ4n) is 2.87. The Morgan fingerprint density at radius 3 is 2.36 bits per heavy atom. The van der Waals surface area contributed by atoms with Crippen molar-refractivity contribution in [1.82, 2.24) is 15.1 Å². The lowest BCUT2D eigenvalue weighted by atomic mass is 9.82. The number of aromatic nitrogens is 2. The van der Waals surface area contributed by atoms with Crippen LogP contribution in [0.5, 0.6) is 0 Å². The van der Waals surface area contributed by atoms with Gasteiger partial charge in [-0.2, -0.15) is 5.10 Å². The second-order valence-corrected chi connectivity index (χ2v) is 6.74. The van der Waals surface area contributed by atoms with Gasteiger partial charge >= 0.3 is 11.9 Å². The van der Waals surface area contributed by atoms with Gasteiger partial charge < -0.3 is 15.2 Å². The Bertz CT molecular complexity index is 604. The molecule has 25 heavy (non-hydrogen) atoms. The van der Waals surface area contributed by atoms with Crippen LogP contribution in [0.15, 0.2) is 0 Å². The van der Waals surface area contributed by atoms with Gasteiger partial charge in [0.15, 0.2) is 0 Å². The van der Waals surface area contributed by atoms with Crippen molar-refractivity contribution in [2.24, 2.45) is 5.41 Å². The van der Waals surface area contributed by atoms with Crippen molar-refractivity contribution in [3.63, 3.8) is 0 Å². The van der Waals surface area contributed by atoms with Crippen LogP contribution in [0.3, 0.4) is 0 Å². The van der Waals surface area contributed by atoms with Crippen LogP contribution >= 0.6 is 0 Å². The summed E-state index contributed by atoms with van der Waals surface area (Å²) in [6.07, 6.45) is 0.992. The lowest BCUT2D eigenvalue weighted by Gasteiger charge is -2.27. The highest BCUT2D eigenvalue weighted by atomic mass is 16.5. The molecule has 0 unspecified atom stereocenters. The topological polar surface area (TPSA) is 93.5 Å². The molecule has 0 saturated carbocycles. The number of nitrogens with one attached hydrogen (secondary N) is 1. The molecule has 7 heteroatoms. The third-order valence-electron chi connectivity index (χ3n) is 4.75. The monoisotopic (exact) mass is 353 g/mol. The summed E-state index contributed by atoms with van der Waals surface area (Å²) in [5.41, 5.74) is 1.96. The number of carboxylic acids is 1. The summed E-state index contributed by atoms with van der Waals surface area (Å²) in [6, 6.07) is 0. The van der Waals surface area contributed by atoms with Crippen molar-refractivity contribution < 1.29 is 19.4 Å². The van der Waals surface area contributed by atoms with Crippen LogP contribution in [0.2, 0.25) is 0 Å². The van der Waals surface area contributed by atoms with Gasteiger partial charge in [0.1, 0.15) is 6.54 Å². The van der Waals surface area contributed by atoms with Crippen molar-refractivity contribution in [3.8, 4) is 0 Å². The lowest BCUT2D eigenvalue weighted by molar-refractivity contribution is -0.149. The Balaban J connectivity index is 2.77. The van der Waals surface area contributed by atoms with Gasteiger partial charge in [-0.05, 0) is 40.5 Å². The molecule has 0 amide bonds. The van der Waals surface area contributed by atoms with E-state index in [1.165, 1.54) is 0 Å². The molecule has 0 bridgehead atoms. The minimum Gasteiger partial charge on any atom is -0.481 e. The number of carbonyl (C=O) groups is 2. The highest BCUT2D eigenvalue weighted by molar-refractivity contribution is 5.74. The molecule has 0 aliphatic heterocycles. The number of aliphatic carboxylic acids is 1. The number of rotatable bonds is 10. The molecule has 1 aromatic rings. The normalized spacial score (nSPS) is 11.8. The summed E-state index contributed by atoms with van der Waals surface area (Å²) in [5, 5.41) is 17.2. The summed E-state index contributed by atoms with van der Waals surface area (Å²) < 4.78 is 6.80. The third kappa shape index (κ3) is 5.29. The van der Waals surface area contributed by atoms with Gasteiger partial charge in [-0.1, -0.05) is 13.8 Å². The first-order chi connectivity index (χ1) is 11.7. The number of esters is 1. The SMILES string of the molecule is CCC(CC)(CNCc1c(C)nn(CC(=O)OC(C)C)c1C)C(=O)O. The van der Waals surface area contributed by atoms with Crippen LogP contribution in [0.25, 0.3) is 0 Å². The van der Waals surface area contributed by atoms with E-state index < -0.39 is 11.4 Å². The maximum absolute atomic E-state index is 11.8. The highest BCUT2D eigenvalue weighted by Gasteiger charge is 2.34. The first-order valence-electron chi connectivity index (χ1n) is 8.83. The zero-order valence-corrected chi connectivity index (χ0v) is 16.2. The van der Waals surface area contributed by atoms with Crippen LogP contribution in [-0.4, -0.2) is 39.5 Å². The Morgan fingerprint density at radius 2 is 1.88 bits per heavy atom. The van der Waals surface area contributed by atoms with E-state index in [9.17, 15) is 14.7 Å². The van der Waals surface area contributed by atoms with E-state index in [0.29, 0.717) is 25.9 Å². The number of ether oxygens (including phenoxy) is 1. The van der Waals surface area contributed by atoms with Gasteiger partial charge in [0, 0.05) is 24.3 Å². The molecule has 0 aliphatic rings. The smallest absolute Gasteiger partial charge is 0.328 e. The molecule has 0 atom stereocenters. The summed E-state index contributed by atoms with van der Waals surface area (Å²) in [4.78, 5) is 23.4. The second-order valence-electron chi connectivity index (χ2n) is 6.74. The van der Waals surface area contributed by atoms with E-state index in [2.05, 4.69) is 10.4 Å². The zero-order chi connectivity index (χ0) is 19.2. The van der Waals surface area contributed by atoms with E-state index in [1.54, 1.807) is 4.68 Å². The van der Waals surface area contributed by atoms with Gasteiger partial charge in [-0.25, -0.2) is 0 Å². The Labute approximate surface area is 149 Å². The highest BCUT2D eigenvalue weighted by Crippen LogP contribution is 2.26. The molecule has 0 saturated heterocycles. The maximum Gasteiger partial charge on any atom is 0.328 e. The van der Waals surface area contributed by atoms with E-state index in [0.717, 1.165) is 17.0 Å². The largest absolute Gasteiger partial charge is 0.481 e. The molecular formula is C18H31N3O4. The number of carboxylic acid groups (broad SMARTS) is 1. The number of hydrogen-bond donors (Lipinski definition) is 2. The van der Waals surface area contributed by atoms with Crippen molar-refractivity contribution >= 4 is 11.9 Å². The Hall–Kier alpha value is -1.89. The lowest BCUT2D eigenvalue weighted by Crippen LogP contribution is -2.40. The van der Waals surface area contributed by atoms with Crippen molar-refractivity contribution in [3.05, 3.63) is 17.0 Å². The summed E-state index contributed by atoms with van der Waals surface area (Å²) in [6.45, 7) is 12.2. The van der Waals surface area contributed by atoms with Crippen LogP contribution in [0.4, 0.5) is 0 Å². The minimum atomic E-state index is -0.773. The molecule has 2 N–H and O–H groups in total. The molecule has 0 spiro atoms. The summed E-state index contributed by atoms with van der Waals surface area (Å²) >= 11 is 0. The van der Waals surface area contributed by atoms with Gasteiger partial charge in [0.2, 0.25) is 0 Å². The maximum atomic E-state index is 11.8. The molecule has 142 valence electrons. The predicted octanol–water partition coefficient (Wildman–Crippen LogP) is 2.43. The van der Waals surface area contributed by atoms with E-state index in [1.807, 2.05) is 41.5 Å². The minimum absolute atomic E-state index is 0.0772. The average molecular weight is 353 g/mol. The van der Waals surface area contributed by atoms with Crippen molar-refractivity contribution in [2.75, 3.05) is 6.54 Å². The van der Waals surface area contributed by atoms with Crippen molar-refractivity contribution in [1.29, 1.82) is 0 Å². The first kappa shape index (κ1) is 21.2. The van der Waals surface area contributed by atoms with E-state index in [-0.39, 0.29) is 18.6 Å². The zero-order valence-electron chi connectivity index (χ0n) is 16.2. The van der Waals surface area contributed by atoms with Crippen LogP contribution in [0, 0.1) is 19.3 Å². The van der Waals surface area contributed by atoms with E-state index >= 15 is 0 Å². The Morgan fingerprint density at radius 1 is 1.28 bits per heavy atom. The number of aryl methyl sites for hydroxylation is 1. The first-order valence-corrected chi connectivity index (χ1v) is 8.83. The van der Waals surface area contributed by atoms with Gasteiger partial charge in [0.25, 0.3) is 0 Å². The Kier molecular flexibility index (Phi) is 7.60. The van der Waals surface area contributed by atoms with Crippen LogP contribution in [-0.2, 0) is 27.4 Å². The molecule has 0 aliphatic carbocycles. The quantitative estimate of drug-likeness (QED) is 0.628. The standard InChI is InChI=1S/C18H31N3O4/c1-7-18(8-2,17(23)24)11-19-9-15-13(5)20-21(14(15)6)10-16(22)25-12(3)4/h12,19H,7-11H2,1-6H3,(H,23,24). The second kappa shape index (κ2) is 8.99. The van der Waals surface area contributed by atoms with Crippen LogP contribution < -0.4 is 5.32 Å². The van der Waals surface area contributed by atoms with Gasteiger partial charge in [0.05, 0.1) is 17.2 Å². The number of hydrogen-bond acceptors (Lipinski definition) is 5. The fraction of sp³-hybridized carbons (Fsp3) is 0.722. The average Bonchev–Trinajstić information content (AvgIpc) is 2.77. The fourth-order valence-corrected chi connectivity index (χ4v) is 2.87. The van der Waals surface area contributed by atoms with Crippen molar-refractivity contribution in [2.45, 2.75) is 73.6 Å². The number of carbonyl (C=O) groups excluding carboxylic acids is 1. The summed E-state index contributed by atoms with van der Waals surface area (Å²) in [7, 11) is 0. The molecule has 1 heterocycles. The number of nitrogens with zero attached hydrogens (tertiary/aromatic N) is 2. The van der Waals surface area contributed by atoms with Crippen LogP contribution in [0.1, 0.15) is 57.5 Å².